The lowest BCUT2D eigenvalue weighted by molar-refractivity contribution is -0.162. The van der Waals surface area contributed by atoms with Crippen molar-refractivity contribution in [3.63, 3.8) is 0 Å². The molecule has 0 saturated carbocycles. The van der Waals surface area contributed by atoms with E-state index in [0.29, 0.717) is 0 Å². The molecule has 0 heterocycles. The van der Waals surface area contributed by atoms with E-state index in [0.717, 1.165) is 0 Å². The molecule has 0 aliphatic rings. The Kier molecular flexibility index (Phi) is 3.70. The van der Waals surface area contributed by atoms with Crippen molar-refractivity contribution in [2.24, 2.45) is 0 Å². The van der Waals surface area contributed by atoms with Crippen LogP contribution in [0.3, 0.4) is 0 Å². The summed E-state index contributed by atoms with van der Waals surface area (Å²) in [5.41, 5.74) is 0. The fourth-order valence-electron chi connectivity index (χ4n) is 0.328. The first kappa shape index (κ1) is 12.2. The first-order chi connectivity index (χ1) is 5.73. The molecule has 0 spiro atoms. The third-order valence-corrected chi connectivity index (χ3v) is 1.70. The van der Waals surface area contributed by atoms with E-state index in [1.807, 2.05) is 0 Å². The van der Waals surface area contributed by atoms with Crippen molar-refractivity contribution in [3.8, 4) is 0 Å². The van der Waals surface area contributed by atoms with Crippen molar-refractivity contribution in [2.75, 3.05) is 13.2 Å². The van der Waals surface area contributed by atoms with Crippen molar-refractivity contribution in [3.05, 3.63) is 0 Å². The topological polar surface area (TPSA) is 101 Å². The highest BCUT2D eigenvalue weighted by molar-refractivity contribution is 7.87. The molecule has 0 aromatic heterocycles. The van der Waals surface area contributed by atoms with Gasteiger partial charge in [0, 0.05) is 0 Å². The van der Waals surface area contributed by atoms with E-state index in [1.165, 1.54) is 0 Å². The Morgan fingerprint density at radius 1 is 1.46 bits per heavy atom. The fourth-order valence-corrected chi connectivity index (χ4v) is 0.597. The molecule has 0 saturated heterocycles. The van der Waals surface area contributed by atoms with Gasteiger partial charge < -0.3 is 9.84 Å². The molecule has 0 aromatic carbocycles. The van der Waals surface area contributed by atoms with Crippen LogP contribution in [0.1, 0.15) is 0 Å². The van der Waals surface area contributed by atoms with Crippen LogP contribution in [0.15, 0.2) is 0 Å². The molecule has 9 heteroatoms. The van der Waals surface area contributed by atoms with Crippen LogP contribution in [-0.2, 0) is 19.6 Å². The number of hydrogen-bond acceptors (Lipinski definition) is 5. The molecule has 0 fully saturated rings. The van der Waals surface area contributed by atoms with Crippen molar-refractivity contribution in [2.45, 2.75) is 5.25 Å². The number of rotatable bonds is 4. The van der Waals surface area contributed by atoms with Gasteiger partial charge in [0.15, 0.2) is 0 Å². The van der Waals surface area contributed by atoms with E-state index in [2.05, 4.69) is 4.74 Å². The van der Waals surface area contributed by atoms with Crippen LogP contribution in [0.4, 0.5) is 8.78 Å². The van der Waals surface area contributed by atoms with Crippen LogP contribution < -0.4 is 0 Å². The van der Waals surface area contributed by atoms with Crippen LogP contribution in [0.2, 0.25) is 0 Å². The Balaban J connectivity index is 4.57. The predicted octanol–water partition coefficient (Wildman–Crippen LogP) is -0.998. The number of alkyl halides is 2. The van der Waals surface area contributed by atoms with Gasteiger partial charge in [-0.05, 0) is 0 Å². The zero-order valence-corrected chi connectivity index (χ0v) is 6.92. The fraction of sp³-hybridized carbons (Fsp3) is 0.750. The second-order valence-electron chi connectivity index (χ2n) is 1.85. The highest BCUT2D eigenvalue weighted by atomic mass is 32.2. The van der Waals surface area contributed by atoms with Crippen molar-refractivity contribution < 1.29 is 36.4 Å². The number of aliphatic hydroxyl groups excluding tert-OH is 1. The third-order valence-electron chi connectivity index (χ3n) is 0.886. The van der Waals surface area contributed by atoms with E-state index in [9.17, 15) is 22.0 Å². The SMILES string of the molecule is O=C(OCCO)C(F)(F)S(=O)(=O)O. The Labute approximate surface area is 71.9 Å². The first-order valence-corrected chi connectivity index (χ1v) is 4.30. The van der Waals surface area contributed by atoms with E-state index >= 15 is 0 Å². The lowest BCUT2D eigenvalue weighted by Gasteiger charge is -2.10. The molecule has 0 radical (unpaired) electrons. The van der Waals surface area contributed by atoms with E-state index < -0.39 is 34.6 Å². The molecule has 13 heavy (non-hydrogen) atoms. The Morgan fingerprint density at radius 2 is 1.92 bits per heavy atom. The minimum absolute atomic E-state index is 0.729. The second kappa shape index (κ2) is 3.94. The number of carbonyl (C=O) groups excluding carboxylic acids is 1. The number of hydrogen-bond donors (Lipinski definition) is 2. The molecule has 0 bridgehead atoms. The smallest absolute Gasteiger partial charge is 0.458 e. The molecule has 0 aliphatic heterocycles. The van der Waals surface area contributed by atoms with Gasteiger partial charge in [-0.25, -0.2) is 4.79 Å². The third kappa shape index (κ3) is 2.86. The van der Waals surface area contributed by atoms with Gasteiger partial charge in [0.1, 0.15) is 6.61 Å². The highest BCUT2D eigenvalue weighted by Gasteiger charge is 2.54. The highest BCUT2D eigenvalue weighted by Crippen LogP contribution is 2.21. The minimum atomic E-state index is -5.82. The van der Waals surface area contributed by atoms with Crippen LogP contribution >= 0.6 is 0 Å². The summed E-state index contributed by atoms with van der Waals surface area (Å²) in [5.74, 6) is -2.43. The largest absolute Gasteiger partial charge is 0.465 e. The number of ether oxygens (including phenoxy) is 1. The van der Waals surface area contributed by atoms with Gasteiger partial charge in [-0.2, -0.15) is 17.2 Å². The monoisotopic (exact) mass is 220 g/mol. The average molecular weight is 220 g/mol. The van der Waals surface area contributed by atoms with Gasteiger partial charge in [-0.3, -0.25) is 4.55 Å². The number of halogens is 2. The molecule has 0 unspecified atom stereocenters. The van der Waals surface area contributed by atoms with Gasteiger partial charge in [0.25, 0.3) is 0 Å². The Bertz CT molecular complexity index is 283. The molecule has 6 nitrogen and oxygen atoms in total. The number of carbonyl (C=O) groups is 1. The summed E-state index contributed by atoms with van der Waals surface area (Å²) < 4.78 is 55.8. The van der Waals surface area contributed by atoms with Crippen LogP contribution in [-0.4, -0.2) is 42.5 Å². The normalized spacial score (nSPS) is 12.6. The van der Waals surface area contributed by atoms with E-state index in [1.54, 1.807) is 0 Å². The quantitative estimate of drug-likeness (QED) is 0.465. The number of aliphatic hydroxyl groups is 1. The van der Waals surface area contributed by atoms with Gasteiger partial charge in [-0.1, -0.05) is 0 Å². The van der Waals surface area contributed by atoms with Crippen LogP contribution in [0, 0.1) is 0 Å². The molecule has 0 amide bonds. The Hall–Kier alpha value is -0.800. The zero-order valence-electron chi connectivity index (χ0n) is 6.11. The van der Waals surface area contributed by atoms with E-state index in [4.69, 9.17) is 9.66 Å². The zero-order chi connectivity index (χ0) is 10.7. The maximum Gasteiger partial charge on any atom is 0.465 e. The molecular formula is C4H6F2O6S. The molecule has 0 rings (SSSR count). The van der Waals surface area contributed by atoms with Gasteiger partial charge in [-0.15, -0.1) is 0 Å². The molecule has 78 valence electrons. The summed E-state index contributed by atoms with van der Waals surface area (Å²) in [4.78, 5) is 10.2. The Morgan fingerprint density at radius 3 is 2.23 bits per heavy atom. The predicted molar refractivity (Wildman–Crippen MR) is 34.5 cm³/mol. The molecule has 0 aromatic rings. The lowest BCUT2D eigenvalue weighted by atomic mass is 10.7. The van der Waals surface area contributed by atoms with Crippen molar-refractivity contribution in [1.82, 2.24) is 0 Å². The standard InChI is InChI=1S/C4H6F2O6S/c5-4(6,13(9,10)11)3(8)12-2-1-7/h7H,1-2H2,(H,9,10,11). The average Bonchev–Trinajstić information content (AvgIpc) is 1.97. The van der Waals surface area contributed by atoms with Crippen molar-refractivity contribution in [1.29, 1.82) is 0 Å². The summed E-state index contributed by atoms with van der Waals surface area (Å²) in [6, 6.07) is 0. The molecule has 0 aliphatic carbocycles. The maximum absolute atomic E-state index is 12.3. The first-order valence-electron chi connectivity index (χ1n) is 2.86. The number of esters is 1. The van der Waals surface area contributed by atoms with Crippen molar-refractivity contribution >= 4 is 16.1 Å². The summed E-state index contributed by atoms with van der Waals surface area (Å²) >= 11 is 0. The van der Waals surface area contributed by atoms with Gasteiger partial charge >= 0.3 is 21.3 Å². The summed E-state index contributed by atoms with van der Waals surface area (Å²) in [6.45, 7) is -1.50. The van der Waals surface area contributed by atoms with Gasteiger partial charge in [0.05, 0.1) is 6.61 Å². The van der Waals surface area contributed by atoms with E-state index in [-0.39, 0.29) is 0 Å². The summed E-state index contributed by atoms with van der Waals surface area (Å²) in [6.07, 6.45) is 0. The maximum atomic E-state index is 12.3. The van der Waals surface area contributed by atoms with Crippen LogP contribution in [0.5, 0.6) is 0 Å². The minimum Gasteiger partial charge on any atom is -0.458 e. The second-order valence-corrected chi connectivity index (χ2v) is 3.31. The summed E-state index contributed by atoms with van der Waals surface area (Å²) in [5, 5.41) is 3.05. The lowest BCUT2D eigenvalue weighted by Crippen LogP contribution is -2.39. The molecular weight excluding hydrogens is 214 g/mol. The summed E-state index contributed by atoms with van der Waals surface area (Å²) in [7, 11) is -5.82. The molecule has 2 N–H and O–H groups in total. The molecule has 0 atom stereocenters. The van der Waals surface area contributed by atoms with Crippen LogP contribution in [0.25, 0.3) is 0 Å². The van der Waals surface area contributed by atoms with Gasteiger partial charge in [0.2, 0.25) is 0 Å².